The fourth-order valence-electron chi connectivity index (χ4n) is 2.77. The van der Waals surface area contributed by atoms with Gasteiger partial charge in [-0.1, -0.05) is 12.1 Å². The van der Waals surface area contributed by atoms with E-state index in [1.165, 1.54) is 12.1 Å². The molecule has 144 valence electrons. The number of carbonyl (C=O) groups excluding carboxylic acids is 1. The highest BCUT2D eigenvalue weighted by molar-refractivity contribution is 6.04. The molecular weight excluding hydrogens is 371 g/mol. The number of hydrogen-bond donors (Lipinski definition) is 2. The van der Waals surface area contributed by atoms with Gasteiger partial charge in [-0.2, -0.15) is 5.10 Å². The number of aryl methyl sites for hydroxylation is 1. The molecule has 0 saturated carbocycles. The third-order valence-corrected chi connectivity index (χ3v) is 4.10. The third-order valence-electron chi connectivity index (χ3n) is 4.10. The molecule has 0 unspecified atom stereocenters. The van der Waals surface area contributed by atoms with Crippen LogP contribution in [0.15, 0.2) is 73.1 Å². The molecule has 0 spiro atoms. The molecule has 4 rings (SSSR count). The number of aromatic nitrogens is 4. The number of carbonyl (C=O) groups is 1. The zero-order valence-electron chi connectivity index (χ0n) is 15.5. The van der Waals surface area contributed by atoms with Gasteiger partial charge in [0.1, 0.15) is 17.5 Å². The van der Waals surface area contributed by atoms with Crippen molar-refractivity contribution in [2.24, 2.45) is 0 Å². The second-order valence-corrected chi connectivity index (χ2v) is 6.25. The molecule has 0 aliphatic heterocycles. The molecule has 0 saturated heterocycles. The Kier molecular flexibility index (Phi) is 4.98. The molecule has 2 N–H and O–H groups in total. The van der Waals surface area contributed by atoms with Crippen LogP contribution < -0.4 is 10.6 Å². The van der Waals surface area contributed by atoms with Gasteiger partial charge < -0.3 is 10.6 Å². The Balaban J connectivity index is 1.48. The van der Waals surface area contributed by atoms with Crippen LogP contribution >= 0.6 is 0 Å². The summed E-state index contributed by atoms with van der Waals surface area (Å²) >= 11 is 0. The molecule has 8 heteroatoms. The molecule has 0 aliphatic carbocycles. The van der Waals surface area contributed by atoms with Crippen molar-refractivity contribution in [2.45, 2.75) is 6.92 Å². The first-order chi connectivity index (χ1) is 14.1. The van der Waals surface area contributed by atoms with Crippen LogP contribution in [0.4, 0.5) is 21.6 Å². The molecule has 0 bridgehead atoms. The van der Waals surface area contributed by atoms with Crippen LogP contribution in [-0.2, 0) is 0 Å². The summed E-state index contributed by atoms with van der Waals surface area (Å²) in [6, 6.07) is 16.5. The lowest BCUT2D eigenvalue weighted by Gasteiger charge is -2.10. The second kappa shape index (κ2) is 7.89. The molecule has 0 aliphatic rings. The maximum Gasteiger partial charge on any atom is 0.258 e. The number of amides is 1. The van der Waals surface area contributed by atoms with Crippen molar-refractivity contribution >= 4 is 23.1 Å². The van der Waals surface area contributed by atoms with Gasteiger partial charge in [0, 0.05) is 29.8 Å². The van der Waals surface area contributed by atoms with E-state index in [2.05, 4.69) is 25.7 Å². The van der Waals surface area contributed by atoms with Crippen LogP contribution in [0.5, 0.6) is 0 Å². The van der Waals surface area contributed by atoms with Crippen molar-refractivity contribution in [3.63, 3.8) is 0 Å². The van der Waals surface area contributed by atoms with E-state index in [0.717, 1.165) is 5.69 Å². The minimum atomic E-state index is -0.560. The fraction of sp³-hybridized carbons (Fsp3) is 0.0476. The van der Waals surface area contributed by atoms with E-state index in [4.69, 9.17) is 0 Å². The molecule has 7 nitrogen and oxygen atoms in total. The standard InChI is InChI=1S/C21H17FN6O/c1-14-24-19(13-20(25-14)28-12-4-11-23-28)26-15-7-9-16(10-8-15)27-21(29)17-5-2-3-6-18(17)22/h2-13H,1H3,(H,27,29)(H,24,25,26). The topological polar surface area (TPSA) is 84.7 Å². The van der Waals surface area contributed by atoms with Crippen LogP contribution in [0.2, 0.25) is 0 Å². The van der Waals surface area contributed by atoms with Gasteiger partial charge in [-0.25, -0.2) is 19.0 Å². The summed E-state index contributed by atoms with van der Waals surface area (Å²) < 4.78 is 15.4. The fourth-order valence-corrected chi connectivity index (χ4v) is 2.77. The molecule has 2 heterocycles. The summed E-state index contributed by atoms with van der Waals surface area (Å²) in [6.45, 7) is 1.81. The van der Waals surface area contributed by atoms with Gasteiger partial charge in [0.25, 0.3) is 5.91 Å². The molecule has 0 radical (unpaired) electrons. The van der Waals surface area contributed by atoms with Crippen molar-refractivity contribution in [1.29, 1.82) is 0 Å². The van der Waals surface area contributed by atoms with Gasteiger partial charge in [-0.3, -0.25) is 4.79 Å². The lowest BCUT2D eigenvalue weighted by Crippen LogP contribution is -2.13. The molecule has 29 heavy (non-hydrogen) atoms. The lowest BCUT2D eigenvalue weighted by molar-refractivity contribution is 0.102. The van der Waals surface area contributed by atoms with E-state index in [1.807, 2.05) is 6.07 Å². The van der Waals surface area contributed by atoms with Crippen molar-refractivity contribution in [3.8, 4) is 5.82 Å². The minimum Gasteiger partial charge on any atom is -0.340 e. The Bertz CT molecular complexity index is 1140. The summed E-state index contributed by atoms with van der Waals surface area (Å²) in [5, 5.41) is 10.1. The molecule has 0 atom stereocenters. The van der Waals surface area contributed by atoms with Crippen molar-refractivity contribution in [1.82, 2.24) is 19.7 Å². The van der Waals surface area contributed by atoms with Crippen LogP contribution in [0.25, 0.3) is 5.82 Å². The van der Waals surface area contributed by atoms with Crippen LogP contribution in [0, 0.1) is 12.7 Å². The quantitative estimate of drug-likeness (QED) is 0.538. The van der Waals surface area contributed by atoms with Gasteiger partial charge in [0.2, 0.25) is 0 Å². The van der Waals surface area contributed by atoms with Gasteiger partial charge in [0.15, 0.2) is 5.82 Å². The number of nitrogens with one attached hydrogen (secondary N) is 2. The van der Waals surface area contributed by atoms with Crippen molar-refractivity contribution in [2.75, 3.05) is 10.6 Å². The highest BCUT2D eigenvalue weighted by Crippen LogP contribution is 2.20. The molecule has 4 aromatic rings. The van der Waals surface area contributed by atoms with Gasteiger partial charge in [0.05, 0.1) is 5.56 Å². The molecular formula is C21H17FN6O. The molecule has 0 fully saturated rings. The van der Waals surface area contributed by atoms with Crippen LogP contribution in [-0.4, -0.2) is 25.7 Å². The maximum atomic E-state index is 13.7. The summed E-state index contributed by atoms with van der Waals surface area (Å²) in [7, 11) is 0. The molecule has 2 aromatic heterocycles. The van der Waals surface area contributed by atoms with Crippen LogP contribution in [0.1, 0.15) is 16.2 Å². The Labute approximate surface area is 166 Å². The normalized spacial score (nSPS) is 10.6. The number of halogens is 1. The Morgan fingerprint density at radius 3 is 2.48 bits per heavy atom. The highest BCUT2D eigenvalue weighted by atomic mass is 19.1. The maximum absolute atomic E-state index is 13.7. The predicted octanol–water partition coefficient (Wildman–Crippen LogP) is 4.11. The van der Waals surface area contributed by atoms with E-state index < -0.39 is 11.7 Å². The lowest BCUT2D eigenvalue weighted by atomic mass is 10.2. The summed E-state index contributed by atoms with van der Waals surface area (Å²) in [5.74, 6) is 0.814. The van der Waals surface area contributed by atoms with Crippen molar-refractivity contribution in [3.05, 3.63) is 90.3 Å². The van der Waals surface area contributed by atoms with Crippen LogP contribution in [0.3, 0.4) is 0 Å². The Hall–Kier alpha value is -4.07. The second-order valence-electron chi connectivity index (χ2n) is 6.25. The monoisotopic (exact) mass is 388 g/mol. The SMILES string of the molecule is Cc1nc(Nc2ccc(NC(=O)c3ccccc3F)cc2)cc(-n2cccn2)n1. The first kappa shape index (κ1) is 18.3. The predicted molar refractivity (Wildman–Crippen MR) is 108 cm³/mol. The average Bonchev–Trinajstić information content (AvgIpc) is 3.24. The molecule has 1 amide bonds. The smallest absolute Gasteiger partial charge is 0.258 e. The summed E-state index contributed by atoms with van der Waals surface area (Å²) in [4.78, 5) is 21.0. The van der Waals surface area contributed by atoms with E-state index in [-0.39, 0.29) is 5.56 Å². The van der Waals surface area contributed by atoms with E-state index in [9.17, 15) is 9.18 Å². The zero-order chi connectivity index (χ0) is 20.2. The number of nitrogens with zero attached hydrogens (tertiary/aromatic N) is 4. The van der Waals surface area contributed by atoms with E-state index in [0.29, 0.717) is 23.1 Å². The number of hydrogen-bond acceptors (Lipinski definition) is 5. The number of rotatable bonds is 5. The Morgan fingerprint density at radius 2 is 1.76 bits per heavy atom. The van der Waals surface area contributed by atoms with E-state index >= 15 is 0 Å². The first-order valence-electron chi connectivity index (χ1n) is 8.87. The average molecular weight is 388 g/mol. The van der Waals surface area contributed by atoms with Gasteiger partial charge >= 0.3 is 0 Å². The van der Waals surface area contributed by atoms with Crippen molar-refractivity contribution < 1.29 is 9.18 Å². The van der Waals surface area contributed by atoms with E-state index in [1.54, 1.807) is 66.5 Å². The zero-order valence-corrected chi connectivity index (χ0v) is 15.5. The van der Waals surface area contributed by atoms with Gasteiger partial charge in [-0.05, 0) is 49.4 Å². The van der Waals surface area contributed by atoms with Gasteiger partial charge in [-0.15, -0.1) is 0 Å². The minimum absolute atomic E-state index is 0.00249. The number of benzene rings is 2. The first-order valence-corrected chi connectivity index (χ1v) is 8.87. The highest BCUT2D eigenvalue weighted by Gasteiger charge is 2.11. The Morgan fingerprint density at radius 1 is 1.00 bits per heavy atom. The molecule has 2 aromatic carbocycles. The number of anilines is 3. The third kappa shape index (κ3) is 4.27. The summed E-state index contributed by atoms with van der Waals surface area (Å²) in [6.07, 6.45) is 3.48. The largest absolute Gasteiger partial charge is 0.340 e. The summed E-state index contributed by atoms with van der Waals surface area (Å²) in [5.41, 5.74) is 1.33.